The average molecular weight is 193 g/mol. The topological polar surface area (TPSA) is 95.9 Å². The fourth-order valence-electron chi connectivity index (χ4n) is 1.30. The first-order valence-electron chi connectivity index (χ1n) is 4.26. The van der Waals surface area contributed by atoms with Crippen molar-refractivity contribution in [3.8, 4) is 11.4 Å². The molecule has 0 spiro atoms. The lowest BCUT2D eigenvalue weighted by Gasteiger charge is -1.99. The summed E-state index contributed by atoms with van der Waals surface area (Å²) in [6, 6.07) is 1.80. The van der Waals surface area contributed by atoms with Crippen LogP contribution in [0.5, 0.6) is 0 Å². The highest BCUT2D eigenvalue weighted by Crippen LogP contribution is 2.23. The molecule has 0 amide bonds. The summed E-state index contributed by atoms with van der Waals surface area (Å²) in [4.78, 5) is 0. The molecule has 2 rings (SSSR count). The van der Waals surface area contributed by atoms with Gasteiger partial charge in [-0.25, -0.2) is 4.68 Å². The standard InChI is InChI=1S/C8H11N5O/c1-2-6-5(3-4-14-6)7-11-12-8(9)13(7)10/h3-4H,2,10H2,1H3,(H2,9,12). The van der Waals surface area contributed by atoms with Crippen LogP contribution in [-0.4, -0.2) is 14.9 Å². The number of aromatic nitrogens is 3. The number of rotatable bonds is 2. The Hall–Kier alpha value is -1.98. The molecule has 74 valence electrons. The van der Waals surface area contributed by atoms with Crippen LogP contribution < -0.4 is 11.6 Å². The van der Waals surface area contributed by atoms with E-state index in [0.717, 1.165) is 17.7 Å². The van der Waals surface area contributed by atoms with Gasteiger partial charge in [0, 0.05) is 6.42 Å². The summed E-state index contributed by atoms with van der Waals surface area (Å²) in [5.41, 5.74) is 6.30. The number of nitrogens with zero attached hydrogens (tertiary/aromatic N) is 3. The third kappa shape index (κ3) is 1.12. The van der Waals surface area contributed by atoms with Crippen molar-refractivity contribution in [1.29, 1.82) is 0 Å². The molecule has 2 heterocycles. The van der Waals surface area contributed by atoms with E-state index in [4.69, 9.17) is 16.0 Å². The summed E-state index contributed by atoms with van der Waals surface area (Å²) in [6.07, 6.45) is 2.37. The van der Waals surface area contributed by atoms with Crippen LogP contribution in [0.15, 0.2) is 16.7 Å². The molecule has 0 fully saturated rings. The quantitative estimate of drug-likeness (QED) is 0.673. The van der Waals surface area contributed by atoms with E-state index in [2.05, 4.69) is 10.2 Å². The molecule has 0 unspecified atom stereocenters. The van der Waals surface area contributed by atoms with Crippen molar-refractivity contribution in [2.75, 3.05) is 11.6 Å². The number of aryl methyl sites for hydroxylation is 1. The first-order chi connectivity index (χ1) is 6.74. The highest BCUT2D eigenvalue weighted by atomic mass is 16.3. The summed E-state index contributed by atoms with van der Waals surface area (Å²) in [5.74, 6) is 7.17. The lowest BCUT2D eigenvalue weighted by atomic mass is 10.2. The van der Waals surface area contributed by atoms with Crippen molar-refractivity contribution < 1.29 is 4.42 Å². The molecular weight excluding hydrogens is 182 g/mol. The van der Waals surface area contributed by atoms with Crippen LogP contribution in [0.4, 0.5) is 5.95 Å². The smallest absolute Gasteiger partial charge is 0.241 e. The zero-order valence-corrected chi connectivity index (χ0v) is 7.77. The first kappa shape index (κ1) is 8.61. The maximum absolute atomic E-state index is 5.64. The van der Waals surface area contributed by atoms with Crippen molar-refractivity contribution in [2.24, 2.45) is 0 Å². The molecule has 4 N–H and O–H groups in total. The summed E-state index contributed by atoms with van der Waals surface area (Å²) in [6.45, 7) is 1.99. The van der Waals surface area contributed by atoms with Crippen LogP contribution in [0.2, 0.25) is 0 Å². The summed E-state index contributed by atoms with van der Waals surface area (Å²) in [7, 11) is 0. The molecule has 0 saturated heterocycles. The number of hydrogen-bond acceptors (Lipinski definition) is 5. The zero-order chi connectivity index (χ0) is 10.1. The van der Waals surface area contributed by atoms with Crippen LogP contribution in [0, 0.1) is 0 Å². The molecule has 0 aliphatic carbocycles. The minimum Gasteiger partial charge on any atom is -0.469 e. The number of nitrogen functional groups attached to an aromatic ring is 2. The van der Waals surface area contributed by atoms with Crippen LogP contribution in [-0.2, 0) is 6.42 Å². The summed E-state index contributed by atoms with van der Waals surface area (Å²) >= 11 is 0. The SMILES string of the molecule is CCc1occc1-c1nnc(N)n1N. The molecule has 0 radical (unpaired) electrons. The largest absolute Gasteiger partial charge is 0.469 e. The van der Waals surface area contributed by atoms with Gasteiger partial charge in [0.25, 0.3) is 0 Å². The molecule has 0 aliphatic rings. The van der Waals surface area contributed by atoms with Gasteiger partial charge in [-0.2, -0.15) is 0 Å². The molecule has 0 aromatic carbocycles. The molecule has 2 aromatic rings. The van der Waals surface area contributed by atoms with Gasteiger partial charge in [-0.15, -0.1) is 10.2 Å². The van der Waals surface area contributed by atoms with Gasteiger partial charge in [-0.3, -0.25) is 0 Å². The van der Waals surface area contributed by atoms with Gasteiger partial charge >= 0.3 is 0 Å². The van der Waals surface area contributed by atoms with Gasteiger partial charge in [0.2, 0.25) is 5.95 Å². The molecule has 0 bridgehead atoms. The molecule has 14 heavy (non-hydrogen) atoms. The molecular formula is C8H11N5O. The molecule has 0 saturated carbocycles. The lowest BCUT2D eigenvalue weighted by molar-refractivity contribution is 0.517. The average Bonchev–Trinajstić information content (AvgIpc) is 2.75. The predicted octanol–water partition coefficient (Wildman–Crippen LogP) is 0.397. The Morgan fingerprint density at radius 2 is 2.29 bits per heavy atom. The predicted molar refractivity (Wildman–Crippen MR) is 51.7 cm³/mol. The van der Waals surface area contributed by atoms with E-state index in [1.165, 1.54) is 4.68 Å². The van der Waals surface area contributed by atoms with Gasteiger partial charge < -0.3 is 16.0 Å². The number of furan rings is 1. The number of nitrogens with two attached hydrogens (primary N) is 2. The summed E-state index contributed by atoms with van der Waals surface area (Å²) < 4.78 is 6.50. The fourth-order valence-corrected chi connectivity index (χ4v) is 1.30. The van der Waals surface area contributed by atoms with Crippen molar-refractivity contribution in [3.05, 3.63) is 18.1 Å². The van der Waals surface area contributed by atoms with Gasteiger partial charge in [-0.05, 0) is 6.07 Å². The van der Waals surface area contributed by atoms with E-state index in [-0.39, 0.29) is 5.95 Å². The van der Waals surface area contributed by atoms with Gasteiger partial charge in [0.05, 0.1) is 11.8 Å². The van der Waals surface area contributed by atoms with Gasteiger partial charge in [-0.1, -0.05) is 6.92 Å². The van der Waals surface area contributed by atoms with E-state index in [9.17, 15) is 0 Å². The molecule has 6 heteroatoms. The first-order valence-corrected chi connectivity index (χ1v) is 4.26. The minimum absolute atomic E-state index is 0.184. The summed E-state index contributed by atoms with van der Waals surface area (Å²) in [5, 5.41) is 7.54. The van der Waals surface area contributed by atoms with E-state index in [0.29, 0.717) is 5.82 Å². The van der Waals surface area contributed by atoms with Crippen molar-refractivity contribution >= 4 is 5.95 Å². The highest BCUT2D eigenvalue weighted by molar-refractivity contribution is 5.59. The zero-order valence-electron chi connectivity index (χ0n) is 7.77. The number of hydrogen-bond donors (Lipinski definition) is 2. The third-order valence-corrected chi connectivity index (χ3v) is 2.03. The van der Waals surface area contributed by atoms with Gasteiger partial charge in [0.1, 0.15) is 5.76 Å². The molecule has 2 aromatic heterocycles. The molecule has 0 aliphatic heterocycles. The van der Waals surface area contributed by atoms with Gasteiger partial charge in [0.15, 0.2) is 5.82 Å². The maximum Gasteiger partial charge on any atom is 0.241 e. The van der Waals surface area contributed by atoms with E-state index < -0.39 is 0 Å². The van der Waals surface area contributed by atoms with Crippen LogP contribution >= 0.6 is 0 Å². The fraction of sp³-hybridized carbons (Fsp3) is 0.250. The normalized spacial score (nSPS) is 10.6. The van der Waals surface area contributed by atoms with Crippen molar-refractivity contribution in [3.63, 3.8) is 0 Å². The second-order valence-corrected chi connectivity index (χ2v) is 2.86. The Kier molecular flexibility index (Phi) is 1.88. The third-order valence-electron chi connectivity index (χ3n) is 2.03. The van der Waals surface area contributed by atoms with Crippen LogP contribution in [0.3, 0.4) is 0 Å². The second-order valence-electron chi connectivity index (χ2n) is 2.86. The Morgan fingerprint density at radius 3 is 2.86 bits per heavy atom. The van der Waals surface area contributed by atoms with E-state index in [1.807, 2.05) is 6.92 Å². The van der Waals surface area contributed by atoms with E-state index >= 15 is 0 Å². The molecule has 6 nitrogen and oxygen atoms in total. The van der Waals surface area contributed by atoms with Crippen molar-refractivity contribution in [1.82, 2.24) is 14.9 Å². The Labute approximate surface area is 80.5 Å². The monoisotopic (exact) mass is 193 g/mol. The van der Waals surface area contributed by atoms with Crippen LogP contribution in [0.25, 0.3) is 11.4 Å². The minimum atomic E-state index is 0.184. The lowest BCUT2D eigenvalue weighted by Crippen LogP contribution is -2.13. The Morgan fingerprint density at radius 1 is 1.50 bits per heavy atom. The van der Waals surface area contributed by atoms with E-state index in [1.54, 1.807) is 12.3 Å². The number of anilines is 1. The Balaban J connectivity index is 2.54. The highest BCUT2D eigenvalue weighted by Gasteiger charge is 2.14. The molecule has 0 atom stereocenters. The van der Waals surface area contributed by atoms with Crippen molar-refractivity contribution in [2.45, 2.75) is 13.3 Å². The van der Waals surface area contributed by atoms with Crippen LogP contribution in [0.1, 0.15) is 12.7 Å². The second kappa shape index (κ2) is 3.06. The maximum atomic E-state index is 5.64. The Bertz CT molecular complexity index is 444.